The zero-order chi connectivity index (χ0) is 11.7. The molecule has 16 heavy (non-hydrogen) atoms. The normalized spacial score (nSPS) is 17.1. The summed E-state index contributed by atoms with van der Waals surface area (Å²) in [5, 5.41) is 6.96. The molecule has 0 aliphatic heterocycles. The Hall–Kier alpha value is -1.52. The standard InChI is InChI=1S/C11H18N4O/c1-7(5-8-3-4-8)13-11(16)10-9(12)6-15(2)14-10/h6-8H,3-5,12H2,1-2H3,(H,13,16). The highest BCUT2D eigenvalue weighted by atomic mass is 16.2. The number of carbonyl (C=O) groups is 1. The Balaban J connectivity index is 1.93. The second-order valence-corrected chi connectivity index (χ2v) is 4.66. The van der Waals surface area contributed by atoms with Crippen molar-refractivity contribution in [3.8, 4) is 0 Å². The van der Waals surface area contributed by atoms with E-state index in [0.717, 1.165) is 12.3 Å². The second-order valence-electron chi connectivity index (χ2n) is 4.66. The predicted octanol–water partition coefficient (Wildman–Crippen LogP) is 0.921. The Morgan fingerprint density at radius 3 is 2.94 bits per heavy atom. The number of hydrogen-bond donors (Lipinski definition) is 2. The van der Waals surface area contributed by atoms with Crippen LogP contribution in [-0.2, 0) is 7.05 Å². The predicted molar refractivity (Wildman–Crippen MR) is 61.9 cm³/mol. The van der Waals surface area contributed by atoms with Crippen molar-refractivity contribution >= 4 is 11.6 Å². The number of nitrogens with zero attached hydrogens (tertiary/aromatic N) is 2. The van der Waals surface area contributed by atoms with Crippen LogP contribution in [0.15, 0.2) is 6.20 Å². The van der Waals surface area contributed by atoms with Crippen molar-refractivity contribution in [1.82, 2.24) is 15.1 Å². The second kappa shape index (κ2) is 4.15. The highest BCUT2D eigenvalue weighted by molar-refractivity contribution is 5.97. The van der Waals surface area contributed by atoms with Crippen molar-refractivity contribution in [3.05, 3.63) is 11.9 Å². The quantitative estimate of drug-likeness (QED) is 0.795. The molecule has 1 aromatic rings. The van der Waals surface area contributed by atoms with E-state index in [9.17, 15) is 4.79 Å². The number of nitrogens with two attached hydrogens (primary N) is 1. The molecule has 0 radical (unpaired) electrons. The molecule has 0 spiro atoms. The topological polar surface area (TPSA) is 72.9 Å². The third-order valence-electron chi connectivity index (χ3n) is 2.83. The zero-order valence-corrected chi connectivity index (χ0v) is 9.73. The summed E-state index contributed by atoms with van der Waals surface area (Å²) in [6.45, 7) is 2.02. The van der Waals surface area contributed by atoms with Gasteiger partial charge in [-0.2, -0.15) is 5.10 Å². The fourth-order valence-corrected chi connectivity index (χ4v) is 1.89. The van der Waals surface area contributed by atoms with Gasteiger partial charge in [0, 0.05) is 19.3 Å². The minimum atomic E-state index is -0.175. The van der Waals surface area contributed by atoms with Crippen LogP contribution >= 0.6 is 0 Å². The summed E-state index contributed by atoms with van der Waals surface area (Å²) in [5.41, 5.74) is 6.44. The number of carbonyl (C=O) groups excluding carboxylic acids is 1. The van der Waals surface area contributed by atoms with Gasteiger partial charge < -0.3 is 11.1 Å². The third-order valence-corrected chi connectivity index (χ3v) is 2.83. The van der Waals surface area contributed by atoms with Crippen LogP contribution < -0.4 is 11.1 Å². The molecular formula is C11H18N4O. The van der Waals surface area contributed by atoms with Crippen LogP contribution in [0.5, 0.6) is 0 Å². The van der Waals surface area contributed by atoms with Crippen molar-refractivity contribution in [3.63, 3.8) is 0 Å². The highest BCUT2D eigenvalue weighted by Crippen LogP contribution is 2.33. The average molecular weight is 222 g/mol. The van der Waals surface area contributed by atoms with E-state index in [-0.39, 0.29) is 11.9 Å². The number of nitrogens with one attached hydrogen (secondary N) is 1. The molecule has 1 amide bonds. The molecule has 1 saturated carbocycles. The van der Waals surface area contributed by atoms with E-state index in [4.69, 9.17) is 5.73 Å². The van der Waals surface area contributed by atoms with E-state index < -0.39 is 0 Å². The lowest BCUT2D eigenvalue weighted by atomic mass is 10.1. The minimum absolute atomic E-state index is 0.175. The molecule has 5 heteroatoms. The van der Waals surface area contributed by atoms with E-state index in [1.807, 2.05) is 6.92 Å². The van der Waals surface area contributed by atoms with Crippen molar-refractivity contribution in [1.29, 1.82) is 0 Å². The summed E-state index contributed by atoms with van der Waals surface area (Å²) >= 11 is 0. The van der Waals surface area contributed by atoms with Crippen LogP contribution in [0.3, 0.4) is 0 Å². The molecule has 5 nitrogen and oxygen atoms in total. The Morgan fingerprint density at radius 2 is 2.44 bits per heavy atom. The van der Waals surface area contributed by atoms with Crippen LogP contribution in [0.1, 0.15) is 36.7 Å². The Kier molecular flexibility index (Phi) is 2.85. The SMILES string of the molecule is CC(CC1CC1)NC(=O)c1nn(C)cc1N. The number of rotatable bonds is 4. The summed E-state index contributed by atoms with van der Waals surface area (Å²) in [5.74, 6) is 0.627. The number of aryl methyl sites for hydroxylation is 1. The van der Waals surface area contributed by atoms with Gasteiger partial charge in [0.2, 0.25) is 0 Å². The molecule has 1 atom stereocenters. The maximum Gasteiger partial charge on any atom is 0.274 e. The molecule has 1 aliphatic carbocycles. The number of aromatic nitrogens is 2. The van der Waals surface area contributed by atoms with Crippen molar-refractivity contribution in [2.24, 2.45) is 13.0 Å². The van der Waals surface area contributed by atoms with E-state index in [1.165, 1.54) is 12.8 Å². The van der Waals surface area contributed by atoms with Gasteiger partial charge in [0.1, 0.15) is 0 Å². The van der Waals surface area contributed by atoms with Crippen molar-refractivity contribution in [2.45, 2.75) is 32.2 Å². The molecule has 0 saturated heterocycles. The van der Waals surface area contributed by atoms with Gasteiger partial charge in [0.15, 0.2) is 5.69 Å². The molecule has 88 valence electrons. The highest BCUT2D eigenvalue weighted by Gasteiger charge is 2.25. The first-order valence-corrected chi connectivity index (χ1v) is 5.66. The van der Waals surface area contributed by atoms with Crippen molar-refractivity contribution in [2.75, 3.05) is 5.73 Å². The number of hydrogen-bond acceptors (Lipinski definition) is 3. The molecule has 2 rings (SSSR count). The Labute approximate surface area is 95.0 Å². The number of nitrogen functional groups attached to an aromatic ring is 1. The smallest absolute Gasteiger partial charge is 0.274 e. The summed E-state index contributed by atoms with van der Waals surface area (Å²) in [6, 6.07) is 0.196. The number of amides is 1. The molecule has 1 aromatic heterocycles. The molecule has 3 N–H and O–H groups in total. The van der Waals surface area contributed by atoms with Gasteiger partial charge in [0.05, 0.1) is 5.69 Å². The van der Waals surface area contributed by atoms with Gasteiger partial charge in [-0.25, -0.2) is 0 Å². The first-order chi connectivity index (χ1) is 7.56. The van der Waals surface area contributed by atoms with Gasteiger partial charge in [-0.3, -0.25) is 9.48 Å². The molecule has 0 aromatic carbocycles. The van der Waals surface area contributed by atoms with Crippen LogP contribution in [0, 0.1) is 5.92 Å². The molecule has 1 aliphatic rings. The lowest BCUT2D eigenvalue weighted by Gasteiger charge is -2.12. The third kappa shape index (κ3) is 2.53. The fourth-order valence-electron chi connectivity index (χ4n) is 1.89. The van der Waals surface area contributed by atoms with E-state index in [1.54, 1.807) is 17.9 Å². The largest absolute Gasteiger partial charge is 0.396 e. The molecule has 1 fully saturated rings. The molecular weight excluding hydrogens is 204 g/mol. The maximum absolute atomic E-state index is 11.8. The lowest BCUT2D eigenvalue weighted by molar-refractivity contribution is 0.0932. The fraction of sp³-hybridized carbons (Fsp3) is 0.636. The summed E-state index contributed by atoms with van der Waals surface area (Å²) in [7, 11) is 1.75. The Morgan fingerprint density at radius 1 is 1.75 bits per heavy atom. The summed E-state index contributed by atoms with van der Waals surface area (Å²) in [6.07, 6.45) is 5.29. The first-order valence-electron chi connectivity index (χ1n) is 5.66. The van der Waals surface area contributed by atoms with Crippen LogP contribution in [0.2, 0.25) is 0 Å². The molecule has 1 heterocycles. The monoisotopic (exact) mass is 222 g/mol. The van der Waals surface area contributed by atoms with E-state index in [0.29, 0.717) is 11.4 Å². The van der Waals surface area contributed by atoms with E-state index in [2.05, 4.69) is 10.4 Å². The average Bonchev–Trinajstić information content (AvgIpc) is 2.90. The van der Waals surface area contributed by atoms with E-state index >= 15 is 0 Å². The van der Waals surface area contributed by atoms with Crippen molar-refractivity contribution < 1.29 is 4.79 Å². The maximum atomic E-state index is 11.8. The van der Waals surface area contributed by atoms with Crippen LogP contribution in [0.4, 0.5) is 5.69 Å². The summed E-state index contributed by atoms with van der Waals surface area (Å²) in [4.78, 5) is 11.8. The molecule has 1 unspecified atom stereocenters. The van der Waals surface area contributed by atoms with Crippen LogP contribution in [0.25, 0.3) is 0 Å². The summed E-state index contributed by atoms with van der Waals surface area (Å²) < 4.78 is 1.55. The Bertz CT molecular complexity index is 395. The van der Waals surface area contributed by atoms with Gasteiger partial charge in [-0.1, -0.05) is 12.8 Å². The zero-order valence-electron chi connectivity index (χ0n) is 9.73. The van der Waals surface area contributed by atoms with Gasteiger partial charge >= 0.3 is 0 Å². The van der Waals surface area contributed by atoms with Gasteiger partial charge in [-0.05, 0) is 19.3 Å². The first kappa shape index (κ1) is 11.0. The number of anilines is 1. The lowest BCUT2D eigenvalue weighted by Crippen LogP contribution is -2.33. The van der Waals surface area contributed by atoms with Crippen LogP contribution in [-0.4, -0.2) is 21.7 Å². The van der Waals surface area contributed by atoms with Gasteiger partial charge in [0.25, 0.3) is 5.91 Å². The molecule has 0 bridgehead atoms. The van der Waals surface area contributed by atoms with Gasteiger partial charge in [-0.15, -0.1) is 0 Å². The minimum Gasteiger partial charge on any atom is -0.396 e.